The van der Waals surface area contributed by atoms with E-state index in [2.05, 4.69) is 24.4 Å². The zero-order valence-electron chi connectivity index (χ0n) is 9.88. The third-order valence-corrected chi connectivity index (χ3v) is 3.64. The second kappa shape index (κ2) is 5.70. The van der Waals surface area contributed by atoms with Crippen LogP contribution in [0.15, 0.2) is 24.3 Å². The number of nitrogens with one attached hydrogen (secondary N) is 1. The monoisotopic (exact) mass is 237 g/mol. The van der Waals surface area contributed by atoms with Crippen LogP contribution in [0.25, 0.3) is 0 Å². The second-order valence-corrected chi connectivity index (χ2v) is 5.06. The van der Waals surface area contributed by atoms with Crippen molar-refractivity contribution in [3.05, 3.63) is 34.9 Å². The van der Waals surface area contributed by atoms with E-state index >= 15 is 0 Å². The van der Waals surface area contributed by atoms with E-state index in [-0.39, 0.29) is 0 Å². The van der Waals surface area contributed by atoms with Crippen LogP contribution in [0.1, 0.15) is 44.2 Å². The molecule has 1 N–H and O–H groups in total. The van der Waals surface area contributed by atoms with E-state index in [1.165, 1.54) is 31.2 Å². The number of rotatable bonds is 6. The average Bonchev–Trinajstić information content (AvgIpc) is 3.09. The van der Waals surface area contributed by atoms with Gasteiger partial charge in [0.15, 0.2) is 0 Å². The van der Waals surface area contributed by atoms with Gasteiger partial charge in [-0.1, -0.05) is 49.6 Å². The van der Waals surface area contributed by atoms with Crippen molar-refractivity contribution in [3.63, 3.8) is 0 Å². The topological polar surface area (TPSA) is 12.0 Å². The van der Waals surface area contributed by atoms with Gasteiger partial charge in [0.2, 0.25) is 0 Å². The lowest BCUT2D eigenvalue weighted by atomic mass is 10.0. The molecule has 0 amide bonds. The van der Waals surface area contributed by atoms with Crippen LogP contribution in [0, 0.1) is 5.92 Å². The Labute approximate surface area is 103 Å². The van der Waals surface area contributed by atoms with Crippen LogP contribution in [0.5, 0.6) is 0 Å². The van der Waals surface area contributed by atoms with Crippen LogP contribution in [0.2, 0.25) is 5.02 Å². The van der Waals surface area contributed by atoms with Gasteiger partial charge in [0.1, 0.15) is 0 Å². The summed E-state index contributed by atoms with van der Waals surface area (Å²) in [5, 5.41) is 4.43. The third kappa shape index (κ3) is 3.23. The van der Waals surface area contributed by atoms with Crippen LogP contribution in [-0.4, -0.2) is 6.54 Å². The average molecular weight is 238 g/mol. The largest absolute Gasteiger partial charge is 0.310 e. The van der Waals surface area contributed by atoms with Crippen molar-refractivity contribution in [3.8, 4) is 0 Å². The zero-order chi connectivity index (χ0) is 11.4. The van der Waals surface area contributed by atoms with E-state index in [1.54, 1.807) is 0 Å². The van der Waals surface area contributed by atoms with Gasteiger partial charge in [-0.15, -0.1) is 0 Å². The van der Waals surface area contributed by atoms with Gasteiger partial charge >= 0.3 is 0 Å². The van der Waals surface area contributed by atoms with Crippen LogP contribution in [-0.2, 0) is 0 Å². The van der Waals surface area contributed by atoms with E-state index in [1.807, 2.05) is 12.1 Å². The van der Waals surface area contributed by atoms with E-state index in [0.717, 1.165) is 17.5 Å². The first kappa shape index (κ1) is 11.9. The van der Waals surface area contributed by atoms with E-state index in [9.17, 15) is 0 Å². The van der Waals surface area contributed by atoms with Crippen molar-refractivity contribution in [2.24, 2.45) is 5.92 Å². The van der Waals surface area contributed by atoms with Crippen molar-refractivity contribution in [1.82, 2.24) is 5.32 Å². The van der Waals surface area contributed by atoms with Gasteiger partial charge in [-0.25, -0.2) is 0 Å². The molecular weight excluding hydrogens is 218 g/mol. The van der Waals surface area contributed by atoms with E-state index in [0.29, 0.717) is 6.04 Å². The van der Waals surface area contributed by atoms with Gasteiger partial charge in [0.25, 0.3) is 0 Å². The molecule has 0 radical (unpaired) electrons. The standard InChI is InChI=1S/C14H20ClN/c1-2-16-14(10-9-11-7-8-11)12-5-3-4-6-13(12)15/h3-6,11,14,16H,2,7-10H2,1H3. The highest BCUT2D eigenvalue weighted by atomic mass is 35.5. The number of hydrogen-bond acceptors (Lipinski definition) is 1. The summed E-state index contributed by atoms with van der Waals surface area (Å²) < 4.78 is 0. The molecule has 1 aliphatic carbocycles. The van der Waals surface area contributed by atoms with Gasteiger partial charge in [0, 0.05) is 11.1 Å². The van der Waals surface area contributed by atoms with Gasteiger partial charge in [-0.05, 0) is 36.9 Å². The van der Waals surface area contributed by atoms with Crippen LogP contribution in [0.4, 0.5) is 0 Å². The highest BCUT2D eigenvalue weighted by Gasteiger charge is 2.23. The van der Waals surface area contributed by atoms with Gasteiger partial charge in [-0.3, -0.25) is 0 Å². The lowest BCUT2D eigenvalue weighted by molar-refractivity contribution is 0.482. The molecule has 1 fully saturated rings. The normalized spacial score (nSPS) is 17.4. The lowest BCUT2D eigenvalue weighted by Crippen LogP contribution is -2.21. The third-order valence-electron chi connectivity index (χ3n) is 3.29. The summed E-state index contributed by atoms with van der Waals surface area (Å²) in [6.45, 7) is 3.15. The predicted octanol–water partition coefficient (Wildman–Crippen LogP) is 4.18. The molecule has 1 unspecified atom stereocenters. The first-order chi connectivity index (χ1) is 7.81. The summed E-state index contributed by atoms with van der Waals surface area (Å²) in [6, 6.07) is 8.62. The Kier molecular flexibility index (Phi) is 4.25. The molecule has 1 aromatic carbocycles. The summed E-state index contributed by atoms with van der Waals surface area (Å²) in [5.41, 5.74) is 1.26. The Hall–Kier alpha value is -0.530. The van der Waals surface area contributed by atoms with Crippen LogP contribution in [0.3, 0.4) is 0 Å². The molecule has 16 heavy (non-hydrogen) atoms. The fourth-order valence-electron chi connectivity index (χ4n) is 2.18. The summed E-state index contributed by atoms with van der Waals surface area (Å²) in [4.78, 5) is 0. The highest BCUT2D eigenvalue weighted by Crippen LogP contribution is 2.36. The first-order valence-corrected chi connectivity index (χ1v) is 6.67. The maximum atomic E-state index is 6.25. The molecular formula is C14H20ClN. The van der Waals surface area contributed by atoms with Gasteiger partial charge in [0.05, 0.1) is 0 Å². The molecule has 1 saturated carbocycles. The van der Waals surface area contributed by atoms with E-state index in [4.69, 9.17) is 11.6 Å². The Bertz CT molecular complexity index is 333. The van der Waals surface area contributed by atoms with Crippen molar-refractivity contribution < 1.29 is 0 Å². The fraction of sp³-hybridized carbons (Fsp3) is 0.571. The maximum absolute atomic E-state index is 6.25. The van der Waals surface area contributed by atoms with Crippen molar-refractivity contribution in [2.75, 3.05) is 6.54 Å². The van der Waals surface area contributed by atoms with Crippen molar-refractivity contribution in [1.29, 1.82) is 0 Å². The van der Waals surface area contributed by atoms with E-state index < -0.39 is 0 Å². The Morgan fingerprint density at radius 2 is 2.12 bits per heavy atom. The maximum Gasteiger partial charge on any atom is 0.0453 e. The highest BCUT2D eigenvalue weighted by molar-refractivity contribution is 6.31. The molecule has 1 atom stereocenters. The Balaban J connectivity index is 2.01. The minimum absolute atomic E-state index is 0.430. The zero-order valence-corrected chi connectivity index (χ0v) is 10.6. The summed E-state index contributed by atoms with van der Waals surface area (Å²) in [5.74, 6) is 0.989. The fourth-order valence-corrected chi connectivity index (χ4v) is 2.45. The second-order valence-electron chi connectivity index (χ2n) is 4.65. The molecule has 0 spiro atoms. The molecule has 88 valence electrons. The number of benzene rings is 1. The molecule has 0 bridgehead atoms. The first-order valence-electron chi connectivity index (χ1n) is 6.29. The summed E-state index contributed by atoms with van der Waals surface area (Å²) in [7, 11) is 0. The molecule has 0 heterocycles. The Morgan fingerprint density at radius 1 is 1.38 bits per heavy atom. The predicted molar refractivity (Wildman–Crippen MR) is 69.8 cm³/mol. The van der Waals surface area contributed by atoms with Crippen molar-refractivity contribution in [2.45, 2.75) is 38.6 Å². The molecule has 0 aliphatic heterocycles. The minimum atomic E-state index is 0.430. The number of hydrogen-bond donors (Lipinski definition) is 1. The van der Waals surface area contributed by atoms with Crippen LogP contribution >= 0.6 is 11.6 Å². The van der Waals surface area contributed by atoms with Gasteiger partial charge in [-0.2, -0.15) is 0 Å². The smallest absolute Gasteiger partial charge is 0.0453 e. The Morgan fingerprint density at radius 3 is 2.75 bits per heavy atom. The summed E-state index contributed by atoms with van der Waals surface area (Å²) >= 11 is 6.25. The van der Waals surface area contributed by atoms with Gasteiger partial charge < -0.3 is 5.32 Å². The molecule has 1 aromatic rings. The SMILES string of the molecule is CCNC(CCC1CC1)c1ccccc1Cl. The quantitative estimate of drug-likeness (QED) is 0.783. The molecule has 1 aliphatic rings. The van der Waals surface area contributed by atoms with Crippen molar-refractivity contribution >= 4 is 11.6 Å². The molecule has 0 saturated heterocycles. The summed E-state index contributed by atoms with van der Waals surface area (Å²) in [6.07, 6.45) is 5.41. The molecule has 1 nitrogen and oxygen atoms in total. The number of halogens is 1. The molecule has 2 rings (SSSR count). The molecule has 2 heteroatoms. The van der Waals surface area contributed by atoms with Crippen LogP contribution < -0.4 is 5.32 Å². The minimum Gasteiger partial charge on any atom is -0.310 e. The molecule has 0 aromatic heterocycles. The lowest BCUT2D eigenvalue weighted by Gasteiger charge is -2.19.